The molecule has 0 bridgehead atoms. The second-order valence-electron chi connectivity index (χ2n) is 7.91. The van der Waals surface area contributed by atoms with E-state index >= 15 is 0 Å². The fraction of sp³-hybridized carbons (Fsp3) is 0.269. The number of nitrogens with zero attached hydrogens (tertiary/aromatic N) is 1. The van der Waals surface area contributed by atoms with E-state index < -0.39 is 11.9 Å². The van der Waals surface area contributed by atoms with E-state index in [0.717, 1.165) is 24.6 Å². The largest absolute Gasteiger partial charge is 0.492 e. The van der Waals surface area contributed by atoms with Crippen molar-refractivity contribution in [1.29, 1.82) is 0 Å². The van der Waals surface area contributed by atoms with Gasteiger partial charge in [0, 0.05) is 36.0 Å². The van der Waals surface area contributed by atoms with Crippen LogP contribution in [-0.2, 0) is 4.79 Å². The number of ether oxygens (including phenoxy) is 2. The maximum Gasteiger partial charge on any atom is 0.460 e. The molecule has 0 atom stereocenters. The molecule has 8 heteroatoms. The Kier molecular flexibility index (Phi) is 8.89. The summed E-state index contributed by atoms with van der Waals surface area (Å²) in [5.74, 6) is -0.845. The highest BCUT2D eigenvalue weighted by atomic mass is 35.5. The van der Waals surface area contributed by atoms with Gasteiger partial charge in [0.05, 0.1) is 0 Å². The minimum atomic E-state index is -3.85. The van der Waals surface area contributed by atoms with Crippen LogP contribution in [0.4, 0.5) is 8.78 Å². The summed E-state index contributed by atoms with van der Waals surface area (Å²) in [6, 6.07) is 21.3. The second-order valence-corrected chi connectivity index (χ2v) is 8.79. The molecule has 0 N–H and O–H groups in total. The van der Waals surface area contributed by atoms with Crippen LogP contribution >= 0.6 is 23.2 Å². The first-order valence-corrected chi connectivity index (χ1v) is 11.4. The van der Waals surface area contributed by atoms with Crippen molar-refractivity contribution < 1.29 is 23.0 Å². The van der Waals surface area contributed by atoms with Crippen LogP contribution in [0.15, 0.2) is 72.8 Å². The van der Waals surface area contributed by atoms with Crippen molar-refractivity contribution in [2.45, 2.75) is 19.0 Å². The third-order valence-electron chi connectivity index (χ3n) is 5.26. The molecule has 0 fully saturated rings. The molecule has 3 aromatic carbocycles. The number of alkyl halides is 2. The van der Waals surface area contributed by atoms with Gasteiger partial charge < -0.3 is 14.4 Å². The zero-order valence-corrected chi connectivity index (χ0v) is 20.3. The highest BCUT2D eigenvalue weighted by Gasteiger charge is 2.38. The van der Waals surface area contributed by atoms with Gasteiger partial charge in [-0.2, -0.15) is 8.78 Å². The number of carbonyl (C=O) groups excluding carboxylic acids is 1. The molecular formula is C26H25Cl2F2NO3. The summed E-state index contributed by atoms with van der Waals surface area (Å²) in [6.07, 6.45) is -3.85. The number of likely N-dealkylation sites (N-methyl/N-ethyl adjacent to an activating group) is 1. The van der Waals surface area contributed by atoms with Crippen molar-refractivity contribution in [2.24, 2.45) is 0 Å². The van der Waals surface area contributed by atoms with Gasteiger partial charge in [-0.15, -0.1) is 0 Å². The molecule has 34 heavy (non-hydrogen) atoms. The molecule has 0 aliphatic rings. The molecule has 0 saturated carbocycles. The molecule has 0 unspecified atom stereocenters. The Labute approximate surface area is 208 Å². The summed E-state index contributed by atoms with van der Waals surface area (Å²) in [5.41, 5.74) is 2.27. The van der Waals surface area contributed by atoms with Crippen molar-refractivity contribution in [2.75, 3.05) is 26.7 Å². The summed E-state index contributed by atoms with van der Waals surface area (Å²) < 4.78 is 37.0. The molecule has 0 radical (unpaired) electrons. The van der Waals surface area contributed by atoms with Crippen LogP contribution in [0.2, 0.25) is 10.0 Å². The molecule has 180 valence electrons. The van der Waals surface area contributed by atoms with Crippen LogP contribution in [0.5, 0.6) is 11.5 Å². The molecule has 0 heterocycles. The number of benzene rings is 3. The van der Waals surface area contributed by atoms with E-state index in [9.17, 15) is 13.6 Å². The van der Waals surface area contributed by atoms with E-state index in [0.29, 0.717) is 28.9 Å². The van der Waals surface area contributed by atoms with Gasteiger partial charge in [0.25, 0.3) is 0 Å². The number of hydrogen-bond donors (Lipinski definition) is 0. The molecule has 0 aliphatic heterocycles. The summed E-state index contributed by atoms with van der Waals surface area (Å²) >= 11 is 12.1. The van der Waals surface area contributed by atoms with E-state index in [1.54, 1.807) is 0 Å². The standard InChI is InChI=1S/C26H25Cl2F2NO3/c1-18(32)26(29,30)34-24-13-11-23(12-14-24)33-16-15-31(2)17-25(19-3-7-21(27)8-4-19)20-5-9-22(28)10-6-20/h3-14,25H,15-17H2,1-2H3. The highest BCUT2D eigenvalue weighted by Crippen LogP contribution is 2.28. The van der Waals surface area contributed by atoms with E-state index in [2.05, 4.69) is 9.64 Å². The fourth-order valence-corrected chi connectivity index (χ4v) is 3.59. The lowest BCUT2D eigenvalue weighted by Gasteiger charge is -2.25. The lowest BCUT2D eigenvalue weighted by Crippen LogP contribution is -2.32. The highest BCUT2D eigenvalue weighted by molar-refractivity contribution is 6.30. The lowest BCUT2D eigenvalue weighted by molar-refractivity contribution is -0.188. The number of halogens is 4. The zero-order valence-electron chi connectivity index (χ0n) is 18.8. The lowest BCUT2D eigenvalue weighted by atomic mass is 9.91. The SMILES string of the molecule is CC(=O)C(F)(F)Oc1ccc(OCCN(C)CC(c2ccc(Cl)cc2)c2ccc(Cl)cc2)cc1. The topological polar surface area (TPSA) is 38.8 Å². The van der Waals surface area contributed by atoms with E-state index in [1.165, 1.54) is 24.3 Å². The number of Topliss-reactive ketones (excluding diaryl/α,β-unsaturated/α-hetero) is 1. The minimum absolute atomic E-state index is 0.110. The van der Waals surface area contributed by atoms with Gasteiger partial charge in [0.15, 0.2) is 0 Å². The monoisotopic (exact) mass is 507 g/mol. The van der Waals surface area contributed by atoms with E-state index in [4.69, 9.17) is 27.9 Å². The Morgan fingerprint density at radius 3 is 1.82 bits per heavy atom. The molecule has 0 saturated heterocycles. The predicted molar refractivity (Wildman–Crippen MR) is 130 cm³/mol. The molecule has 0 amide bonds. The van der Waals surface area contributed by atoms with E-state index in [-0.39, 0.29) is 11.7 Å². The molecule has 0 spiro atoms. The summed E-state index contributed by atoms with van der Waals surface area (Å²) in [6.45, 7) is 2.55. The second kappa shape index (κ2) is 11.6. The van der Waals surface area contributed by atoms with Crippen molar-refractivity contribution in [3.63, 3.8) is 0 Å². The Balaban J connectivity index is 1.57. The average molecular weight is 508 g/mol. The summed E-state index contributed by atoms with van der Waals surface area (Å²) in [7, 11) is 2.00. The zero-order chi connectivity index (χ0) is 24.7. The Morgan fingerprint density at radius 2 is 1.35 bits per heavy atom. The van der Waals surface area contributed by atoms with Crippen molar-refractivity contribution in [1.82, 2.24) is 4.90 Å². The van der Waals surface area contributed by atoms with Crippen LogP contribution < -0.4 is 9.47 Å². The number of hydrogen-bond acceptors (Lipinski definition) is 4. The Hall–Kier alpha value is -2.67. The molecule has 3 rings (SSSR count). The molecule has 0 aliphatic carbocycles. The average Bonchev–Trinajstić information content (AvgIpc) is 2.80. The quantitative estimate of drug-likeness (QED) is 0.289. The first kappa shape index (κ1) is 25.9. The Bertz CT molecular complexity index is 1030. The molecular weight excluding hydrogens is 483 g/mol. The maximum atomic E-state index is 13.4. The molecule has 4 nitrogen and oxygen atoms in total. The molecule has 0 aromatic heterocycles. The van der Waals surface area contributed by atoms with Gasteiger partial charge in [-0.05, 0) is 66.7 Å². The number of ketones is 1. The van der Waals surface area contributed by atoms with Crippen LogP contribution in [0.25, 0.3) is 0 Å². The first-order chi connectivity index (χ1) is 16.1. The number of rotatable bonds is 11. The summed E-state index contributed by atoms with van der Waals surface area (Å²) in [5, 5.41) is 1.36. The smallest absolute Gasteiger partial charge is 0.460 e. The van der Waals surface area contributed by atoms with Gasteiger partial charge in [0.2, 0.25) is 5.78 Å². The van der Waals surface area contributed by atoms with Gasteiger partial charge in [-0.3, -0.25) is 4.79 Å². The van der Waals surface area contributed by atoms with Crippen molar-refractivity contribution in [3.8, 4) is 11.5 Å². The van der Waals surface area contributed by atoms with Gasteiger partial charge >= 0.3 is 6.11 Å². The van der Waals surface area contributed by atoms with Crippen molar-refractivity contribution >= 4 is 29.0 Å². The van der Waals surface area contributed by atoms with Crippen LogP contribution in [0.3, 0.4) is 0 Å². The number of carbonyl (C=O) groups is 1. The van der Waals surface area contributed by atoms with Gasteiger partial charge in [-0.1, -0.05) is 47.5 Å². The van der Waals surface area contributed by atoms with Crippen LogP contribution in [-0.4, -0.2) is 43.5 Å². The fourth-order valence-electron chi connectivity index (χ4n) is 3.34. The van der Waals surface area contributed by atoms with Crippen molar-refractivity contribution in [3.05, 3.63) is 94.0 Å². The first-order valence-electron chi connectivity index (χ1n) is 10.6. The Morgan fingerprint density at radius 1 is 0.882 bits per heavy atom. The third kappa shape index (κ3) is 7.42. The minimum Gasteiger partial charge on any atom is -0.492 e. The van der Waals surface area contributed by atoms with Crippen LogP contribution in [0, 0.1) is 0 Å². The maximum absolute atomic E-state index is 13.4. The summed E-state index contributed by atoms with van der Waals surface area (Å²) in [4.78, 5) is 13.1. The predicted octanol–water partition coefficient (Wildman–Crippen LogP) is 6.70. The third-order valence-corrected chi connectivity index (χ3v) is 5.76. The van der Waals surface area contributed by atoms with E-state index in [1.807, 2.05) is 55.6 Å². The van der Waals surface area contributed by atoms with Gasteiger partial charge in [-0.25, -0.2) is 0 Å². The normalized spacial score (nSPS) is 11.6. The molecule has 3 aromatic rings. The van der Waals surface area contributed by atoms with Crippen LogP contribution in [0.1, 0.15) is 24.0 Å². The van der Waals surface area contributed by atoms with Gasteiger partial charge in [0.1, 0.15) is 18.1 Å².